The van der Waals surface area contributed by atoms with E-state index in [1.54, 1.807) is 55.5 Å². The molecule has 0 aliphatic carbocycles. The Balaban J connectivity index is 2.03. The zero-order valence-corrected chi connectivity index (χ0v) is 24.5. The van der Waals surface area contributed by atoms with Gasteiger partial charge < -0.3 is 10.2 Å². The maximum atomic E-state index is 14.0. The number of hydrogen-bond donors (Lipinski definition) is 1. The highest BCUT2D eigenvalue weighted by Crippen LogP contribution is 2.25. The molecule has 214 valence electrons. The molecule has 0 saturated carbocycles. The number of amides is 2. The van der Waals surface area contributed by atoms with Gasteiger partial charge in [0.05, 0.1) is 10.6 Å². The molecule has 0 heterocycles. The highest BCUT2D eigenvalue weighted by molar-refractivity contribution is 7.92. The summed E-state index contributed by atoms with van der Waals surface area (Å²) >= 11 is 0. The molecule has 0 bridgehead atoms. The Labute approximate surface area is 237 Å². The van der Waals surface area contributed by atoms with E-state index >= 15 is 0 Å². The topological polar surface area (TPSA) is 86.8 Å². The van der Waals surface area contributed by atoms with Crippen LogP contribution < -0.4 is 9.62 Å². The number of rotatable bonds is 12. The fraction of sp³-hybridized carbons (Fsp3) is 0.355. The van der Waals surface area contributed by atoms with Crippen LogP contribution >= 0.6 is 0 Å². The summed E-state index contributed by atoms with van der Waals surface area (Å²) in [5.74, 6) is -1.08. The maximum absolute atomic E-state index is 14.0. The number of carbonyl (C=O) groups is 2. The molecule has 1 unspecified atom stereocenters. The third-order valence-corrected chi connectivity index (χ3v) is 8.33. The van der Waals surface area contributed by atoms with Crippen molar-refractivity contribution in [2.75, 3.05) is 17.4 Å². The Hall–Kier alpha value is -3.72. The number of benzene rings is 3. The van der Waals surface area contributed by atoms with Crippen LogP contribution in [0.1, 0.15) is 43.9 Å². The summed E-state index contributed by atoms with van der Waals surface area (Å²) in [5.41, 5.74) is 2.79. The molecular weight excluding hydrogens is 529 g/mol. The molecule has 0 spiro atoms. The minimum absolute atomic E-state index is 0.0129. The zero-order chi connectivity index (χ0) is 29.4. The molecule has 0 aromatic heterocycles. The van der Waals surface area contributed by atoms with Crippen LogP contribution in [0.3, 0.4) is 0 Å². The van der Waals surface area contributed by atoms with Crippen molar-refractivity contribution in [3.05, 3.63) is 95.3 Å². The van der Waals surface area contributed by atoms with E-state index in [9.17, 15) is 22.4 Å². The SMILES string of the molecule is CCC(C(=O)NCC(C)C)N(Cc1ccc(F)cc1)C(=O)CN(c1ccc(C)cc1)S(=O)(=O)c1ccc(C)cc1. The van der Waals surface area contributed by atoms with Crippen molar-refractivity contribution < 1.29 is 22.4 Å². The molecule has 3 aromatic carbocycles. The fourth-order valence-electron chi connectivity index (χ4n) is 4.21. The first-order chi connectivity index (χ1) is 18.9. The van der Waals surface area contributed by atoms with E-state index in [1.165, 1.54) is 29.2 Å². The molecule has 0 aliphatic rings. The van der Waals surface area contributed by atoms with E-state index in [0.29, 0.717) is 24.2 Å². The van der Waals surface area contributed by atoms with Gasteiger partial charge >= 0.3 is 0 Å². The van der Waals surface area contributed by atoms with Gasteiger partial charge in [-0.05, 0) is 68.1 Å². The molecule has 2 amide bonds. The minimum atomic E-state index is -4.13. The number of halogens is 1. The number of sulfonamides is 1. The van der Waals surface area contributed by atoms with Gasteiger partial charge in [-0.15, -0.1) is 0 Å². The van der Waals surface area contributed by atoms with Crippen LogP contribution in [0.15, 0.2) is 77.7 Å². The summed E-state index contributed by atoms with van der Waals surface area (Å²) in [6.07, 6.45) is 0.312. The Bertz CT molecular complexity index is 1390. The summed E-state index contributed by atoms with van der Waals surface area (Å²) in [4.78, 5) is 28.7. The molecule has 0 saturated heterocycles. The lowest BCUT2D eigenvalue weighted by molar-refractivity contribution is -0.140. The molecule has 0 radical (unpaired) electrons. The second-order valence-corrected chi connectivity index (χ2v) is 12.2. The first-order valence-corrected chi connectivity index (χ1v) is 14.8. The molecular formula is C31H38FN3O4S. The van der Waals surface area contributed by atoms with Gasteiger partial charge in [0, 0.05) is 13.1 Å². The molecule has 0 fully saturated rings. The zero-order valence-electron chi connectivity index (χ0n) is 23.7. The van der Waals surface area contributed by atoms with Crippen molar-refractivity contribution in [2.24, 2.45) is 5.92 Å². The van der Waals surface area contributed by atoms with E-state index in [0.717, 1.165) is 15.4 Å². The van der Waals surface area contributed by atoms with Crippen LogP contribution in [0.4, 0.5) is 10.1 Å². The normalized spacial score (nSPS) is 12.2. The Morgan fingerprint density at radius 2 is 1.43 bits per heavy atom. The van der Waals surface area contributed by atoms with Crippen molar-refractivity contribution >= 4 is 27.5 Å². The van der Waals surface area contributed by atoms with Gasteiger partial charge in [-0.25, -0.2) is 12.8 Å². The van der Waals surface area contributed by atoms with Crippen LogP contribution in [0.2, 0.25) is 0 Å². The van der Waals surface area contributed by atoms with Gasteiger partial charge in [-0.1, -0.05) is 68.3 Å². The van der Waals surface area contributed by atoms with E-state index < -0.39 is 34.3 Å². The van der Waals surface area contributed by atoms with Gasteiger partial charge in [-0.2, -0.15) is 0 Å². The first kappa shape index (κ1) is 30.8. The van der Waals surface area contributed by atoms with Crippen molar-refractivity contribution in [1.29, 1.82) is 0 Å². The number of nitrogens with one attached hydrogen (secondary N) is 1. The van der Waals surface area contributed by atoms with Crippen molar-refractivity contribution in [1.82, 2.24) is 10.2 Å². The van der Waals surface area contributed by atoms with Crippen LogP contribution in [-0.2, 0) is 26.2 Å². The van der Waals surface area contributed by atoms with Crippen LogP contribution in [0, 0.1) is 25.6 Å². The maximum Gasteiger partial charge on any atom is 0.264 e. The third kappa shape index (κ3) is 7.91. The summed E-state index contributed by atoms with van der Waals surface area (Å²) in [6.45, 7) is 9.42. The van der Waals surface area contributed by atoms with Crippen molar-refractivity contribution in [2.45, 2.75) is 58.5 Å². The quantitative estimate of drug-likeness (QED) is 0.325. The molecule has 0 aliphatic heterocycles. The highest BCUT2D eigenvalue weighted by atomic mass is 32.2. The third-order valence-electron chi connectivity index (χ3n) is 6.55. The molecule has 7 nitrogen and oxygen atoms in total. The summed E-state index contributed by atoms with van der Waals surface area (Å²) in [6, 6.07) is 18.1. The standard InChI is InChI=1S/C31H38FN3O4S/c1-6-29(31(37)33-19-22(2)3)34(20-25-11-13-26(32)14-12-25)30(36)21-35(27-15-7-23(4)8-16-27)40(38,39)28-17-9-24(5)10-18-28/h7-18,22,29H,6,19-21H2,1-5H3,(H,33,37). The van der Waals surface area contributed by atoms with Gasteiger partial charge in [0.1, 0.15) is 18.4 Å². The number of anilines is 1. The van der Waals surface area contributed by atoms with E-state index in [4.69, 9.17) is 0 Å². The largest absolute Gasteiger partial charge is 0.354 e. The lowest BCUT2D eigenvalue weighted by Gasteiger charge is -2.33. The Morgan fingerprint density at radius 3 is 1.95 bits per heavy atom. The second-order valence-electron chi connectivity index (χ2n) is 10.4. The Kier molecular flexibility index (Phi) is 10.5. The molecule has 3 rings (SSSR count). The van der Waals surface area contributed by atoms with E-state index in [-0.39, 0.29) is 23.3 Å². The summed E-state index contributed by atoms with van der Waals surface area (Å²) < 4.78 is 42.4. The minimum Gasteiger partial charge on any atom is -0.354 e. The fourth-order valence-corrected chi connectivity index (χ4v) is 5.62. The van der Waals surface area contributed by atoms with E-state index in [1.807, 2.05) is 27.7 Å². The number of carbonyl (C=O) groups excluding carboxylic acids is 2. The van der Waals surface area contributed by atoms with Crippen LogP contribution in [0.5, 0.6) is 0 Å². The van der Waals surface area contributed by atoms with Gasteiger partial charge in [0.25, 0.3) is 10.0 Å². The Morgan fingerprint density at radius 1 is 0.875 bits per heavy atom. The predicted octanol–water partition coefficient (Wildman–Crippen LogP) is 5.22. The molecule has 1 atom stereocenters. The number of nitrogens with zero attached hydrogens (tertiary/aromatic N) is 2. The highest BCUT2D eigenvalue weighted by Gasteiger charge is 2.33. The summed E-state index contributed by atoms with van der Waals surface area (Å²) in [7, 11) is -4.13. The summed E-state index contributed by atoms with van der Waals surface area (Å²) in [5, 5.41) is 2.89. The van der Waals surface area contributed by atoms with Crippen molar-refractivity contribution in [3.8, 4) is 0 Å². The monoisotopic (exact) mass is 567 g/mol. The van der Waals surface area contributed by atoms with Crippen LogP contribution in [-0.4, -0.2) is 44.3 Å². The van der Waals surface area contributed by atoms with Gasteiger partial charge in [0.2, 0.25) is 11.8 Å². The average Bonchev–Trinajstić information content (AvgIpc) is 2.92. The second kappa shape index (κ2) is 13.6. The van der Waals surface area contributed by atoms with Gasteiger partial charge in [0.15, 0.2) is 0 Å². The van der Waals surface area contributed by atoms with Crippen molar-refractivity contribution in [3.63, 3.8) is 0 Å². The molecule has 1 N–H and O–H groups in total. The first-order valence-electron chi connectivity index (χ1n) is 13.4. The average molecular weight is 568 g/mol. The lowest BCUT2D eigenvalue weighted by atomic mass is 10.1. The van der Waals surface area contributed by atoms with Gasteiger partial charge in [-0.3, -0.25) is 13.9 Å². The number of aryl methyl sites for hydroxylation is 2. The lowest BCUT2D eigenvalue weighted by Crippen LogP contribution is -2.52. The molecule has 3 aromatic rings. The predicted molar refractivity (Wildman–Crippen MR) is 156 cm³/mol. The molecule has 40 heavy (non-hydrogen) atoms. The number of hydrogen-bond acceptors (Lipinski definition) is 4. The smallest absolute Gasteiger partial charge is 0.264 e. The van der Waals surface area contributed by atoms with E-state index in [2.05, 4.69) is 5.32 Å². The van der Waals surface area contributed by atoms with Crippen LogP contribution in [0.25, 0.3) is 0 Å². The molecule has 9 heteroatoms.